The topological polar surface area (TPSA) is 46.9 Å². The third-order valence-electron chi connectivity index (χ3n) is 3.36. The zero-order valence-electron chi connectivity index (χ0n) is 11.8. The second-order valence-electron chi connectivity index (χ2n) is 4.66. The maximum absolute atomic E-state index is 12.0. The van der Waals surface area contributed by atoms with Gasteiger partial charge in [0.15, 0.2) is 5.82 Å². The van der Waals surface area contributed by atoms with Crippen molar-refractivity contribution in [2.75, 3.05) is 11.9 Å². The molecule has 0 saturated heterocycles. The molecule has 1 aromatic rings. The average molecular weight is 251 g/mol. The van der Waals surface area contributed by atoms with Crippen LogP contribution in [0.25, 0.3) is 0 Å². The largest absolute Gasteiger partial charge is 0.365 e. The lowest BCUT2D eigenvalue weighted by atomic mass is 9.99. The summed E-state index contributed by atoms with van der Waals surface area (Å²) in [5, 5.41) is 3.20. The Hall–Kier alpha value is -1.32. The van der Waals surface area contributed by atoms with Crippen molar-refractivity contribution in [1.29, 1.82) is 0 Å². The number of anilines is 1. The first-order chi connectivity index (χ1) is 8.72. The second kappa shape index (κ2) is 7.90. The molecule has 102 valence electrons. The van der Waals surface area contributed by atoms with Gasteiger partial charge >= 0.3 is 0 Å². The molecule has 0 saturated carbocycles. The summed E-state index contributed by atoms with van der Waals surface area (Å²) in [7, 11) is 0. The van der Waals surface area contributed by atoms with Crippen LogP contribution in [0.3, 0.4) is 0 Å². The molecule has 0 aliphatic rings. The molecular formula is C14H25N3O. The molecule has 1 atom stereocenters. The van der Waals surface area contributed by atoms with Crippen LogP contribution in [0.5, 0.6) is 0 Å². The molecule has 0 spiro atoms. The Morgan fingerprint density at radius 1 is 1.39 bits per heavy atom. The fourth-order valence-electron chi connectivity index (χ4n) is 2.00. The molecule has 0 radical (unpaired) electrons. The Balaban J connectivity index is 2.59. The highest BCUT2D eigenvalue weighted by atomic mass is 16.1. The van der Waals surface area contributed by atoms with E-state index < -0.39 is 0 Å². The van der Waals surface area contributed by atoms with Crippen molar-refractivity contribution in [1.82, 2.24) is 9.55 Å². The van der Waals surface area contributed by atoms with Gasteiger partial charge in [-0.1, -0.05) is 33.1 Å². The van der Waals surface area contributed by atoms with E-state index in [1.807, 2.05) is 6.92 Å². The van der Waals surface area contributed by atoms with Crippen LogP contribution < -0.4 is 10.9 Å². The molecule has 4 nitrogen and oxygen atoms in total. The molecule has 0 aliphatic heterocycles. The highest BCUT2D eigenvalue weighted by Gasteiger charge is 2.08. The van der Waals surface area contributed by atoms with Gasteiger partial charge < -0.3 is 9.88 Å². The zero-order valence-corrected chi connectivity index (χ0v) is 11.8. The van der Waals surface area contributed by atoms with Crippen molar-refractivity contribution in [2.24, 2.45) is 5.92 Å². The molecule has 0 bridgehead atoms. The van der Waals surface area contributed by atoms with Gasteiger partial charge in [-0.3, -0.25) is 4.79 Å². The number of nitrogens with zero attached hydrogens (tertiary/aromatic N) is 2. The first kappa shape index (κ1) is 14.7. The summed E-state index contributed by atoms with van der Waals surface area (Å²) in [5.41, 5.74) is -0.0228. The molecule has 1 rings (SSSR count). The molecule has 0 amide bonds. The summed E-state index contributed by atoms with van der Waals surface area (Å²) in [6, 6.07) is 0. The Labute approximate surface area is 109 Å². The monoisotopic (exact) mass is 251 g/mol. The fourth-order valence-corrected chi connectivity index (χ4v) is 2.00. The van der Waals surface area contributed by atoms with E-state index in [1.54, 1.807) is 17.0 Å². The average Bonchev–Trinajstić information content (AvgIpc) is 2.40. The smallest absolute Gasteiger partial charge is 0.293 e. The summed E-state index contributed by atoms with van der Waals surface area (Å²) in [6.45, 7) is 7.89. The summed E-state index contributed by atoms with van der Waals surface area (Å²) in [4.78, 5) is 16.1. The van der Waals surface area contributed by atoms with Gasteiger partial charge in [0.25, 0.3) is 5.56 Å². The van der Waals surface area contributed by atoms with Crippen LogP contribution in [0.15, 0.2) is 17.2 Å². The molecule has 18 heavy (non-hydrogen) atoms. The SMILES string of the molecule is CCCCC(CC)CNc1nccn(CC)c1=O. The normalized spacial score (nSPS) is 12.4. The minimum atomic E-state index is -0.0228. The van der Waals surface area contributed by atoms with Crippen LogP contribution in [0, 0.1) is 5.92 Å². The predicted octanol–water partition coefficient (Wildman–Crippen LogP) is 2.89. The van der Waals surface area contributed by atoms with Crippen molar-refractivity contribution in [2.45, 2.75) is 53.0 Å². The van der Waals surface area contributed by atoms with Crippen molar-refractivity contribution >= 4 is 5.82 Å². The number of rotatable bonds is 8. The van der Waals surface area contributed by atoms with E-state index in [2.05, 4.69) is 24.1 Å². The van der Waals surface area contributed by atoms with Crippen LogP contribution in [0.2, 0.25) is 0 Å². The first-order valence-corrected chi connectivity index (χ1v) is 7.02. The Bertz CT molecular complexity index is 400. The Morgan fingerprint density at radius 2 is 2.17 bits per heavy atom. The van der Waals surface area contributed by atoms with E-state index in [-0.39, 0.29) is 5.56 Å². The number of aromatic nitrogens is 2. The van der Waals surface area contributed by atoms with Gasteiger partial charge in [0.1, 0.15) is 0 Å². The van der Waals surface area contributed by atoms with E-state index in [9.17, 15) is 4.79 Å². The summed E-state index contributed by atoms with van der Waals surface area (Å²) in [6.07, 6.45) is 8.24. The van der Waals surface area contributed by atoms with Gasteiger partial charge in [0.2, 0.25) is 0 Å². The highest BCUT2D eigenvalue weighted by molar-refractivity contribution is 5.30. The number of hydrogen-bond acceptors (Lipinski definition) is 3. The van der Waals surface area contributed by atoms with Gasteiger partial charge in [-0.05, 0) is 19.3 Å². The van der Waals surface area contributed by atoms with Gasteiger partial charge in [-0.15, -0.1) is 0 Å². The lowest BCUT2D eigenvalue weighted by Gasteiger charge is -2.15. The highest BCUT2D eigenvalue weighted by Crippen LogP contribution is 2.12. The quantitative estimate of drug-likeness (QED) is 0.772. The van der Waals surface area contributed by atoms with Gasteiger partial charge in [-0.25, -0.2) is 4.98 Å². The lowest BCUT2D eigenvalue weighted by molar-refractivity contribution is 0.472. The van der Waals surface area contributed by atoms with Crippen molar-refractivity contribution in [3.05, 3.63) is 22.7 Å². The molecule has 0 aromatic carbocycles. The van der Waals surface area contributed by atoms with E-state index in [1.165, 1.54) is 19.3 Å². The lowest BCUT2D eigenvalue weighted by Crippen LogP contribution is -2.26. The summed E-state index contributed by atoms with van der Waals surface area (Å²) in [5.74, 6) is 1.11. The molecule has 4 heteroatoms. The van der Waals surface area contributed by atoms with Crippen LogP contribution in [-0.2, 0) is 6.54 Å². The molecule has 1 N–H and O–H groups in total. The number of unbranched alkanes of at least 4 members (excludes halogenated alkanes) is 1. The van der Waals surface area contributed by atoms with Gasteiger partial charge in [-0.2, -0.15) is 0 Å². The minimum Gasteiger partial charge on any atom is -0.365 e. The molecule has 0 fully saturated rings. The van der Waals surface area contributed by atoms with Crippen LogP contribution in [-0.4, -0.2) is 16.1 Å². The van der Waals surface area contributed by atoms with Crippen LogP contribution >= 0.6 is 0 Å². The maximum atomic E-state index is 12.0. The van der Waals surface area contributed by atoms with E-state index in [0.717, 1.165) is 13.0 Å². The standard InChI is InChI=1S/C14H25N3O/c1-4-7-8-12(5-2)11-16-13-14(18)17(6-3)10-9-15-13/h9-10,12H,4-8,11H2,1-3H3,(H,15,16). The molecular weight excluding hydrogens is 226 g/mol. The predicted molar refractivity (Wildman–Crippen MR) is 76.0 cm³/mol. The number of nitrogens with one attached hydrogen (secondary N) is 1. The van der Waals surface area contributed by atoms with Crippen molar-refractivity contribution in [3.8, 4) is 0 Å². The zero-order chi connectivity index (χ0) is 13.4. The summed E-state index contributed by atoms with van der Waals surface area (Å²) < 4.78 is 1.67. The molecule has 1 unspecified atom stereocenters. The number of hydrogen-bond donors (Lipinski definition) is 1. The minimum absolute atomic E-state index is 0.0228. The fraction of sp³-hybridized carbons (Fsp3) is 0.714. The van der Waals surface area contributed by atoms with Crippen LogP contribution in [0.4, 0.5) is 5.82 Å². The molecule has 0 aliphatic carbocycles. The Morgan fingerprint density at radius 3 is 2.78 bits per heavy atom. The number of aryl methyl sites for hydroxylation is 1. The first-order valence-electron chi connectivity index (χ1n) is 7.02. The molecule has 1 heterocycles. The Kier molecular flexibility index (Phi) is 6.47. The van der Waals surface area contributed by atoms with E-state index in [0.29, 0.717) is 18.3 Å². The third kappa shape index (κ3) is 4.17. The maximum Gasteiger partial charge on any atom is 0.293 e. The molecule has 1 aromatic heterocycles. The van der Waals surface area contributed by atoms with Gasteiger partial charge in [0.05, 0.1) is 0 Å². The second-order valence-corrected chi connectivity index (χ2v) is 4.66. The van der Waals surface area contributed by atoms with Crippen molar-refractivity contribution < 1.29 is 0 Å². The van der Waals surface area contributed by atoms with Crippen molar-refractivity contribution in [3.63, 3.8) is 0 Å². The van der Waals surface area contributed by atoms with E-state index in [4.69, 9.17) is 0 Å². The van der Waals surface area contributed by atoms with Crippen LogP contribution in [0.1, 0.15) is 46.5 Å². The van der Waals surface area contributed by atoms with Gasteiger partial charge in [0, 0.05) is 25.5 Å². The summed E-state index contributed by atoms with van der Waals surface area (Å²) >= 11 is 0. The third-order valence-corrected chi connectivity index (χ3v) is 3.36. The van der Waals surface area contributed by atoms with E-state index >= 15 is 0 Å².